The smallest absolute Gasteiger partial charge is 0.146 e. The molecule has 0 radical (unpaired) electrons. The number of methoxy groups -OCH3 is 1. The Balaban J connectivity index is 1.75. The van der Waals surface area contributed by atoms with Gasteiger partial charge in [-0.25, -0.2) is 0 Å². The number of nitrogens with zero attached hydrogens (tertiary/aromatic N) is 1. The zero-order valence-electron chi connectivity index (χ0n) is 12.7. The van der Waals surface area contributed by atoms with E-state index in [0.29, 0.717) is 18.6 Å². The van der Waals surface area contributed by atoms with Crippen LogP contribution >= 0.6 is 0 Å². The van der Waals surface area contributed by atoms with Crippen molar-refractivity contribution in [1.29, 1.82) is 0 Å². The third kappa shape index (κ3) is 2.51. The molecule has 2 aliphatic heterocycles. The second-order valence-corrected chi connectivity index (χ2v) is 6.45. The molecular weight excluding hydrogens is 264 g/mol. The number of anilines is 1. The van der Waals surface area contributed by atoms with Crippen LogP contribution < -0.4 is 15.0 Å². The molecule has 1 aliphatic carbocycles. The highest BCUT2D eigenvalue weighted by atomic mass is 16.5. The zero-order valence-corrected chi connectivity index (χ0v) is 12.7. The molecule has 1 saturated heterocycles. The van der Waals surface area contributed by atoms with Crippen molar-refractivity contribution in [1.82, 2.24) is 5.32 Å². The van der Waals surface area contributed by atoms with Gasteiger partial charge in [0.25, 0.3) is 0 Å². The van der Waals surface area contributed by atoms with Gasteiger partial charge in [0.1, 0.15) is 11.9 Å². The number of nitrogens with one attached hydrogen (secondary N) is 1. The second-order valence-electron chi connectivity index (χ2n) is 6.45. The van der Waals surface area contributed by atoms with E-state index in [1.807, 2.05) is 0 Å². The summed E-state index contributed by atoms with van der Waals surface area (Å²) in [5.74, 6) is 1.84. The molecule has 1 aromatic carbocycles. The largest absolute Gasteiger partial charge is 0.485 e. The first-order chi connectivity index (χ1) is 10.4. The molecule has 2 fully saturated rings. The summed E-state index contributed by atoms with van der Waals surface area (Å²) in [6.45, 7) is 3.83. The van der Waals surface area contributed by atoms with Crippen molar-refractivity contribution in [3.8, 4) is 5.75 Å². The van der Waals surface area contributed by atoms with Crippen molar-refractivity contribution < 1.29 is 9.47 Å². The fourth-order valence-electron chi connectivity index (χ4n) is 3.71. The Bertz CT molecular complexity index is 516. The number of ether oxygens (including phenoxy) is 2. The van der Waals surface area contributed by atoms with E-state index in [9.17, 15) is 0 Å². The van der Waals surface area contributed by atoms with Gasteiger partial charge >= 0.3 is 0 Å². The van der Waals surface area contributed by atoms with Crippen molar-refractivity contribution in [2.45, 2.75) is 37.3 Å². The predicted molar refractivity (Wildman–Crippen MR) is 83.3 cm³/mol. The fourth-order valence-corrected chi connectivity index (χ4v) is 3.71. The summed E-state index contributed by atoms with van der Waals surface area (Å²) >= 11 is 0. The maximum absolute atomic E-state index is 6.43. The van der Waals surface area contributed by atoms with Crippen molar-refractivity contribution in [2.75, 3.05) is 38.3 Å². The number of hydrogen-bond donors (Lipinski definition) is 1. The second kappa shape index (κ2) is 5.50. The van der Waals surface area contributed by atoms with Crippen LogP contribution in [-0.4, -0.2) is 45.5 Å². The van der Waals surface area contributed by atoms with Crippen molar-refractivity contribution in [2.24, 2.45) is 0 Å². The van der Waals surface area contributed by atoms with Gasteiger partial charge in [-0.05, 0) is 30.4 Å². The summed E-state index contributed by atoms with van der Waals surface area (Å²) in [6.07, 6.45) is 3.79. The number of benzene rings is 1. The van der Waals surface area contributed by atoms with Crippen LogP contribution in [0.2, 0.25) is 0 Å². The Morgan fingerprint density at radius 2 is 2.29 bits per heavy atom. The lowest BCUT2D eigenvalue weighted by Crippen LogP contribution is -2.52. The molecule has 0 aromatic heterocycles. The van der Waals surface area contributed by atoms with Crippen molar-refractivity contribution >= 4 is 5.69 Å². The maximum atomic E-state index is 6.43. The molecule has 0 unspecified atom stereocenters. The Morgan fingerprint density at radius 3 is 3.10 bits per heavy atom. The molecule has 1 saturated carbocycles. The minimum Gasteiger partial charge on any atom is -0.485 e. The van der Waals surface area contributed by atoms with Crippen LogP contribution in [0.25, 0.3) is 0 Å². The van der Waals surface area contributed by atoms with Crippen LogP contribution in [0.15, 0.2) is 18.2 Å². The molecule has 0 amide bonds. The van der Waals surface area contributed by atoms with Crippen LogP contribution in [0.4, 0.5) is 5.69 Å². The lowest BCUT2D eigenvalue weighted by atomic mass is 10.0. The highest BCUT2D eigenvalue weighted by Crippen LogP contribution is 2.49. The fraction of sp³-hybridized carbons (Fsp3) is 0.647. The van der Waals surface area contributed by atoms with Crippen LogP contribution in [0.3, 0.4) is 0 Å². The highest BCUT2D eigenvalue weighted by molar-refractivity contribution is 5.65. The number of piperazine rings is 1. The summed E-state index contributed by atoms with van der Waals surface area (Å²) in [5.41, 5.74) is 2.71. The molecule has 0 spiro atoms. The Kier molecular flexibility index (Phi) is 3.51. The highest BCUT2D eigenvalue weighted by Gasteiger charge is 2.36. The van der Waals surface area contributed by atoms with Crippen molar-refractivity contribution in [3.63, 3.8) is 0 Å². The molecule has 1 N–H and O–H groups in total. The average Bonchev–Trinajstić information content (AvgIpc) is 3.33. The predicted octanol–water partition coefficient (Wildman–Crippen LogP) is 2.14. The normalized spacial score (nSPS) is 28.3. The van der Waals surface area contributed by atoms with Gasteiger partial charge in [0.15, 0.2) is 0 Å². The summed E-state index contributed by atoms with van der Waals surface area (Å²) in [7, 11) is 1.76. The molecule has 4 heteroatoms. The van der Waals surface area contributed by atoms with E-state index >= 15 is 0 Å². The molecule has 4 nitrogen and oxygen atoms in total. The van der Waals surface area contributed by atoms with Crippen LogP contribution in [0, 0.1) is 0 Å². The van der Waals surface area contributed by atoms with Gasteiger partial charge in [-0.15, -0.1) is 0 Å². The van der Waals surface area contributed by atoms with Gasteiger partial charge in [0.2, 0.25) is 0 Å². The molecule has 21 heavy (non-hydrogen) atoms. The third-order valence-electron chi connectivity index (χ3n) is 4.87. The topological polar surface area (TPSA) is 33.7 Å². The SMILES string of the molecule is COC[C@@H]1C[C@@H]2CNCCN2c2cccc(C3CC3)c2O1. The zero-order chi connectivity index (χ0) is 14.2. The van der Waals surface area contributed by atoms with E-state index in [2.05, 4.69) is 28.4 Å². The molecule has 1 aromatic rings. The quantitative estimate of drug-likeness (QED) is 0.924. The molecule has 2 heterocycles. The van der Waals surface area contributed by atoms with E-state index in [-0.39, 0.29) is 6.10 Å². The van der Waals surface area contributed by atoms with Crippen LogP contribution in [0.1, 0.15) is 30.7 Å². The Morgan fingerprint density at radius 1 is 1.38 bits per heavy atom. The van der Waals surface area contributed by atoms with E-state index in [4.69, 9.17) is 9.47 Å². The minimum absolute atomic E-state index is 0.156. The monoisotopic (exact) mass is 288 g/mol. The number of fused-ring (bicyclic) bond motifs is 3. The molecular formula is C17H24N2O2. The number of rotatable bonds is 3. The van der Waals surface area contributed by atoms with Gasteiger partial charge in [-0.2, -0.15) is 0 Å². The summed E-state index contributed by atoms with van der Waals surface area (Å²) < 4.78 is 11.8. The van der Waals surface area contributed by atoms with Gasteiger partial charge in [0.05, 0.1) is 12.3 Å². The Hall–Kier alpha value is -1.26. The van der Waals surface area contributed by atoms with Gasteiger partial charge < -0.3 is 19.7 Å². The van der Waals surface area contributed by atoms with E-state index in [1.54, 1.807) is 7.11 Å². The first-order valence-electron chi connectivity index (χ1n) is 8.12. The summed E-state index contributed by atoms with van der Waals surface area (Å²) in [5, 5.41) is 3.52. The summed E-state index contributed by atoms with van der Waals surface area (Å²) in [4.78, 5) is 2.55. The molecule has 0 bridgehead atoms. The first-order valence-corrected chi connectivity index (χ1v) is 8.12. The Labute approximate surface area is 126 Å². The molecule has 4 rings (SSSR count). The van der Waals surface area contributed by atoms with Crippen molar-refractivity contribution in [3.05, 3.63) is 23.8 Å². The molecule has 2 atom stereocenters. The van der Waals surface area contributed by atoms with E-state index < -0.39 is 0 Å². The first kappa shape index (κ1) is 13.4. The lowest BCUT2D eigenvalue weighted by molar-refractivity contribution is 0.0739. The van der Waals surface area contributed by atoms with E-state index in [1.165, 1.54) is 24.1 Å². The van der Waals surface area contributed by atoms with Gasteiger partial charge in [-0.1, -0.05) is 12.1 Å². The van der Waals surface area contributed by atoms with Crippen LogP contribution in [-0.2, 0) is 4.74 Å². The number of hydrogen-bond acceptors (Lipinski definition) is 4. The minimum atomic E-state index is 0.156. The van der Waals surface area contributed by atoms with Gasteiger partial charge in [-0.3, -0.25) is 0 Å². The average molecular weight is 288 g/mol. The van der Waals surface area contributed by atoms with Crippen LogP contribution in [0.5, 0.6) is 5.75 Å². The standard InChI is InChI=1S/C17H24N2O2/c1-20-11-14-9-13-10-18-7-8-19(13)16-4-2-3-15(12-5-6-12)17(16)21-14/h2-4,12-14,18H,5-11H2,1H3/t13-,14+/m1/s1. The number of para-hydroxylation sites is 1. The lowest BCUT2D eigenvalue weighted by Gasteiger charge is -2.37. The maximum Gasteiger partial charge on any atom is 0.146 e. The molecule has 3 aliphatic rings. The molecule has 114 valence electrons. The summed E-state index contributed by atoms with van der Waals surface area (Å²) in [6, 6.07) is 7.19. The third-order valence-corrected chi connectivity index (χ3v) is 4.87. The van der Waals surface area contributed by atoms with Gasteiger partial charge in [0, 0.05) is 39.2 Å². The van der Waals surface area contributed by atoms with E-state index in [0.717, 1.165) is 31.8 Å².